The van der Waals surface area contributed by atoms with Gasteiger partial charge in [-0.05, 0) is 77.3 Å². The molecule has 9 heteroatoms. The van der Waals surface area contributed by atoms with Crippen molar-refractivity contribution >= 4 is 22.0 Å². The predicted molar refractivity (Wildman–Crippen MR) is 142 cm³/mol. The van der Waals surface area contributed by atoms with Crippen LogP contribution >= 0.6 is 0 Å². The van der Waals surface area contributed by atoms with E-state index < -0.39 is 15.7 Å². The van der Waals surface area contributed by atoms with Crippen LogP contribution in [0.3, 0.4) is 0 Å². The molecule has 3 aromatic carbocycles. The van der Waals surface area contributed by atoms with E-state index in [2.05, 4.69) is 12.1 Å². The van der Waals surface area contributed by atoms with E-state index in [0.29, 0.717) is 16.9 Å². The summed E-state index contributed by atoms with van der Waals surface area (Å²) in [5.41, 5.74) is 10.2. The molecule has 0 aromatic heterocycles. The topological polar surface area (TPSA) is 111 Å². The summed E-state index contributed by atoms with van der Waals surface area (Å²) >= 11 is 0. The van der Waals surface area contributed by atoms with Crippen molar-refractivity contribution in [3.05, 3.63) is 82.9 Å². The van der Waals surface area contributed by atoms with Gasteiger partial charge in [0.15, 0.2) is 11.5 Å². The third-order valence-corrected chi connectivity index (χ3v) is 7.48. The molecular formula is C28H29N3O5S. The highest BCUT2D eigenvalue weighted by molar-refractivity contribution is 7.86. The zero-order valence-electron chi connectivity index (χ0n) is 21.0. The molecule has 5 rings (SSSR count). The van der Waals surface area contributed by atoms with Crippen LogP contribution in [0.4, 0.5) is 0 Å². The number of fused-ring (bicyclic) bond motifs is 1. The maximum absolute atomic E-state index is 13.8. The van der Waals surface area contributed by atoms with Crippen molar-refractivity contribution in [2.45, 2.75) is 31.2 Å². The number of aliphatic imine (C=N–C) groups is 1. The molecule has 1 aliphatic heterocycles. The summed E-state index contributed by atoms with van der Waals surface area (Å²) in [5, 5.41) is 0. The van der Waals surface area contributed by atoms with Crippen LogP contribution in [0.5, 0.6) is 11.5 Å². The number of hydrogen-bond acceptors (Lipinski definition) is 7. The fourth-order valence-electron chi connectivity index (χ4n) is 5.15. The van der Waals surface area contributed by atoms with Crippen LogP contribution in [0.15, 0.2) is 65.7 Å². The summed E-state index contributed by atoms with van der Waals surface area (Å²) in [6, 6.07) is 18.5. The fraction of sp³-hybridized carbons (Fsp3) is 0.286. The van der Waals surface area contributed by atoms with Gasteiger partial charge < -0.3 is 14.7 Å². The van der Waals surface area contributed by atoms with Gasteiger partial charge in [-0.15, -0.1) is 0 Å². The average Bonchev–Trinajstić information content (AvgIpc) is 3.12. The van der Waals surface area contributed by atoms with Crippen LogP contribution in [-0.2, 0) is 33.3 Å². The van der Waals surface area contributed by atoms with E-state index in [0.717, 1.165) is 43.1 Å². The Hall–Kier alpha value is -3.85. The largest absolute Gasteiger partial charge is 0.497 e. The van der Waals surface area contributed by atoms with Gasteiger partial charge in [0.1, 0.15) is 11.5 Å². The van der Waals surface area contributed by atoms with Crippen molar-refractivity contribution in [2.24, 2.45) is 10.7 Å². The Labute approximate surface area is 216 Å². The number of aryl methyl sites for hydroxylation is 2. The Balaban J connectivity index is 1.67. The van der Waals surface area contributed by atoms with Crippen molar-refractivity contribution in [1.82, 2.24) is 4.90 Å². The van der Waals surface area contributed by atoms with Crippen LogP contribution in [0, 0.1) is 0 Å². The molecule has 1 aliphatic carbocycles. The Bertz CT molecular complexity index is 1530. The third-order valence-electron chi connectivity index (χ3n) is 6.98. The predicted octanol–water partition coefficient (Wildman–Crippen LogP) is 3.61. The molecule has 0 spiro atoms. The molecular weight excluding hydrogens is 490 g/mol. The van der Waals surface area contributed by atoms with Crippen LogP contribution < -0.4 is 14.7 Å². The zero-order chi connectivity index (χ0) is 26.4. The fourth-order valence-corrected chi connectivity index (χ4v) is 5.59. The summed E-state index contributed by atoms with van der Waals surface area (Å²) in [7, 11) is -0.610. The number of carbonyl (C=O) groups excluding carboxylic acids is 1. The second kappa shape index (κ2) is 9.23. The number of ether oxygens (including phenoxy) is 1. The van der Waals surface area contributed by atoms with Gasteiger partial charge in [0, 0.05) is 13.1 Å². The first-order valence-corrected chi connectivity index (χ1v) is 13.9. The molecule has 8 nitrogen and oxygen atoms in total. The number of guanidine groups is 1. The lowest BCUT2D eigenvalue weighted by Gasteiger charge is -2.28. The third kappa shape index (κ3) is 4.55. The Kier molecular flexibility index (Phi) is 6.19. The number of methoxy groups -OCH3 is 1. The highest BCUT2D eigenvalue weighted by Crippen LogP contribution is 2.42. The maximum atomic E-state index is 13.8. The van der Waals surface area contributed by atoms with Gasteiger partial charge in [-0.3, -0.25) is 9.69 Å². The van der Waals surface area contributed by atoms with E-state index in [-0.39, 0.29) is 17.6 Å². The van der Waals surface area contributed by atoms with Gasteiger partial charge in [-0.2, -0.15) is 8.42 Å². The summed E-state index contributed by atoms with van der Waals surface area (Å²) < 4.78 is 34.0. The Morgan fingerprint density at radius 2 is 1.62 bits per heavy atom. The lowest BCUT2D eigenvalue weighted by molar-refractivity contribution is -0.129. The van der Waals surface area contributed by atoms with Crippen molar-refractivity contribution in [3.63, 3.8) is 0 Å². The monoisotopic (exact) mass is 519 g/mol. The Morgan fingerprint density at radius 1 is 0.919 bits per heavy atom. The number of likely N-dealkylation sites (N-methyl/N-ethyl adjacent to an activating group) is 1. The molecule has 2 N–H and O–H groups in total. The lowest BCUT2D eigenvalue weighted by atomic mass is 9.79. The van der Waals surface area contributed by atoms with Crippen molar-refractivity contribution in [3.8, 4) is 22.6 Å². The molecule has 37 heavy (non-hydrogen) atoms. The first kappa shape index (κ1) is 24.8. The Morgan fingerprint density at radius 3 is 2.30 bits per heavy atom. The zero-order valence-corrected chi connectivity index (χ0v) is 21.8. The lowest BCUT2D eigenvalue weighted by Crippen LogP contribution is -2.41. The highest BCUT2D eigenvalue weighted by atomic mass is 32.2. The number of nitrogens with zero attached hydrogens (tertiary/aromatic N) is 2. The number of amides is 1. The summed E-state index contributed by atoms with van der Waals surface area (Å²) in [5.74, 6) is 0.485. The number of hydrogen-bond donors (Lipinski definition) is 1. The van der Waals surface area contributed by atoms with Crippen LogP contribution in [0.2, 0.25) is 0 Å². The van der Waals surface area contributed by atoms with Gasteiger partial charge in [0.2, 0.25) is 0 Å². The van der Waals surface area contributed by atoms with E-state index in [1.54, 1.807) is 19.2 Å². The normalized spacial score (nSPS) is 19.4. The van der Waals surface area contributed by atoms with Gasteiger partial charge in [-0.25, -0.2) is 4.99 Å². The molecule has 0 saturated carbocycles. The van der Waals surface area contributed by atoms with E-state index >= 15 is 0 Å². The van der Waals surface area contributed by atoms with Crippen molar-refractivity contribution < 1.29 is 22.1 Å². The van der Waals surface area contributed by atoms with E-state index in [9.17, 15) is 13.2 Å². The molecule has 1 unspecified atom stereocenters. The number of rotatable bonds is 6. The van der Waals surface area contributed by atoms with E-state index in [1.807, 2.05) is 30.3 Å². The molecule has 1 amide bonds. The molecule has 0 radical (unpaired) electrons. The van der Waals surface area contributed by atoms with Gasteiger partial charge in [0.05, 0.1) is 13.4 Å². The molecule has 0 saturated heterocycles. The number of carbonyl (C=O) groups is 1. The summed E-state index contributed by atoms with van der Waals surface area (Å²) in [6.07, 6.45) is 5.27. The molecule has 1 heterocycles. The molecule has 3 aromatic rings. The quantitative estimate of drug-likeness (QED) is 0.498. The number of nitrogens with two attached hydrogens (primary N) is 1. The molecule has 2 aliphatic rings. The number of benzene rings is 3. The van der Waals surface area contributed by atoms with Crippen LogP contribution in [0.25, 0.3) is 11.1 Å². The summed E-state index contributed by atoms with van der Waals surface area (Å²) in [4.78, 5) is 19.9. The van der Waals surface area contributed by atoms with Crippen molar-refractivity contribution in [2.75, 3.05) is 20.4 Å². The molecule has 0 fully saturated rings. The molecule has 1 atom stereocenters. The molecule has 192 valence electrons. The average molecular weight is 520 g/mol. The standard InChI is InChI=1S/C28H29N3O5S/c1-31-26(32)28(30-27(31)29,23-12-11-18-7-4-5-8-19(18)13-23)22-10-6-9-20(14-22)21-15-24(35-2)17-25(16-21)36-37(3,33)34/h6,9-17H,4-5,7-8H2,1-3H3,(H2,29,30). The minimum absolute atomic E-state index is 0.130. The second-order valence-corrected chi connectivity index (χ2v) is 11.1. The second-order valence-electron chi connectivity index (χ2n) is 9.50. The highest BCUT2D eigenvalue weighted by Gasteiger charge is 2.49. The maximum Gasteiger partial charge on any atom is 0.306 e. The minimum atomic E-state index is -3.73. The minimum Gasteiger partial charge on any atom is -0.497 e. The van der Waals surface area contributed by atoms with Crippen LogP contribution in [0.1, 0.15) is 35.1 Å². The van der Waals surface area contributed by atoms with E-state index in [1.165, 1.54) is 29.2 Å². The first-order chi connectivity index (χ1) is 17.6. The first-order valence-electron chi connectivity index (χ1n) is 12.1. The molecule has 0 bridgehead atoms. The summed E-state index contributed by atoms with van der Waals surface area (Å²) in [6.45, 7) is 0. The SMILES string of the molecule is COc1cc(OS(C)(=O)=O)cc(-c2cccc(C3(c4ccc5c(c4)CCCC5)N=C(N)N(C)C3=O)c2)c1. The smallest absolute Gasteiger partial charge is 0.306 e. The van der Waals surface area contributed by atoms with Gasteiger partial charge in [0.25, 0.3) is 5.91 Å². The van der Waals surface area contributed by atoms with Gasteiger partial charge >= 0.3 is 10.1 Å². The van der Waals surface area contributed by atoms with Gasteiger partial charge in [-0.1, -0.05) is 36.4 Å². The van der Waals surface area contributed by atoms with Crippen molar-refractivity contribution in [1.29, 1.82) is 0 Å². The van der Waals surface area contributed by atoms with Crippen LogP contribution in [-0.4, -0.2) is 45.6 Å². The van der Waals surface area contributed by atoms with E-state index in [4.69, 9.17) is 19.6 Å².